The van der Waals surface area contributed by atoms with Crippen molar-refractivity contribution in [2.75, 3.05) is 0 Å². The maximum absolute atomic E-state index is 6.21. The van der Waals surface area contributed by atoms with E-state index in [1.54, 1.807) is 0 Å². The molecule has 1 heterocycles. The normalized spacial score (nSPS) is 13.7. The molecular weight excluding hydrogens is 335 g/mol. The van der Waals surface area contributed by atoms with Gasteiger partial charge in [-0.2, -0.15) is 0 Å². The summed E-state index contributed by atoms with van der Waals surface area (Å²) in [5.74, 6) is 0.665. The standard InChI is InChI=1S/C13H9BrCl2N2/c14-9-6-7(4-5-10(9)15)13-17-11-3-1-2-8(11)12(16)18-13/h4-6H,1-3H2. The molecule has 0 unspecified atom stereocenters. The van der Waals surface area contributed by atoms with Gasteiger partial charge in [-0.1, -0.05) is 23.2 Å². The Labute approximate surface area is 123 Å². The van der Waals surface area contributed by atoms with Crippen molar-refractivity contribution in [1.29, 1.82) is 0 Å². The van der Waals surface area contributed by atoms with Crippen LogP contribution in [0, 0.1) is 0 Å². The zero-order chi connectivity index (χ0) is 12.7. The van der Waals surface area contributed by atoms with Gasteiger partial charge in [-0.05, 0) is 53.4 Å². The van der Waals surface area contributed by atoms with Crippen LogP contribution in [0.5, 0.6) is 0 Å². The molecule has 2 aromatic rings. The predicted octanol–water partition coefficient (Wildman–Crippen LogP) is 4.70. The van der Waals surface area contributed by atoms with Crippen molar-refractivity contribution in [2.45, 2.75) is 19.3 Å². The SMILES string of the molecule is Clc1ccc(-c2nc(Cl)c3c(n2)CCC3)cc1Br. The molecule has 0 N–H and O–H groups in total. The van der Waals surface area contributed by atoms with Gasteiger partial charge in [0.05, 0.1) is 5.02 Å². The second-order valence-electron chi connectivity index (χ2n) is 4.25. The summed E-state index contributed by atoms with van der Waals surface area (Å²) in [5.41, 5.74) is 3.10. The molecular formula is C13H9BrCl2N2. The van der Waals surface area contributed by atoms with Gasteiger partial charge in [0.1, 0.15) is 5.15 Å². The third kappa shape index (κ3) is 2.15. The third-order valence-corrected chi connectivity index (χ3v) is 4.59. The lowest BCUT2D eigenvalue weighted by atomic mass is 10.2. The Morgan fingerprint density at radius 2 is 1.94 bits per heavy atom. The van der Waals surface area contributed by atoms with E-state index in [4.69, 9.17) is 23.2 Å². The molecule has 3 rings (SSSR count). The number of aromatic nitrogens is 2. The zero-order valence-electron chi connectivity index (χ0n) is 9.38. The lowest BCUT2D eigenvalue weighted by Gasteiger charge is -2.06. The smallest absolute Gasteiger partial charge is 0.161 e. The fraction of sp³-hybridized carbons (Fsp3) is 0.231. The van der Waals surface area contributed by atoms with Gasteiger partial charge >= 0.3 is 0 Å². The maximum Gasteiger partial charge on any atom is 0.161 e. The van der Waals surface area contributed by atoms with Crippen LogP contribution >= 0.6 is 39.1 Å². The van der Waals surface area contributed by atoms with Crippen LogP contribution in [0.25, 0.3) is 11.4 Å². The number of aryl methyl sites for hydroxylation is 1. The molecule has 0 bridgehead atoms. The third-order valence-electron chi connectivity index (χ3n) is 3.06. The van der Waals surface area contributed by atoms with Gasteiger partial charge in [0.2, 0.25) is 0 Å². The minimum absolute atomic E-state index is 0.582. The summed E-state index contributed by atoms with van der Waals surface area (Å²) in [6, 6.07) is 5.64. The van der Waals surface area contributed by atoms with Crippen molar-refractivity contribution in [3.8, 4) is 11.4 Å². The summed E-state index contributed by atoms with van der Waals surface area (Å²) >= 11 is 15.6. The Morgan fingerprint density at radius 1 is 1.11 bits per heavy atom. The van der Waals surface area contributed by atoms with Gasteiger partial charge in [0.25, 0.3) is 0 Å². The van der Waals surface area contributed by atoms with Gasteiger partial charge in [-0.15, -0.1) is 0 Å². The first-order chi connectivity index (χ1) is 8.65. The highest BCUT2D eigenvalue weighted by Gasteiger charge is 2.18. The molecule has 1 aromatic carbocycles. The second kappa shape index (κ2) is 4.80. The zero-order valence-corrected chi connectivity index (χ0v) is 12.5. The van der Waals surface area contributed by atoms with Crippen LogP contribution in [-0.2, 0) is 12.8 Å². The molecule has 0 aliphatic heterocycles. The molecule has 1 aromatic heterocycles. The van der Waals surface area contributed by atoms with Crippen LogP contribution < -0.4 is 0 Å². The molecule has 0 saturated carbocycles. The number of fused-ring (bicyclic) bond motifs is 1. The van der Waals surface area contributed by atoms with E-state index in [2.05, 4.69) is 25.9 Å². The summed E-state index contributed by atoms with van der Waals surface area (Å²) in [6.07, 6.45) is 3.08. The largest absolute Gasteiger partial charge is 0.233 e. The lowest BCUT2D eigenvalue weighted by Crippen LogP contribution is -1.97. The van der Waals surface area contributed by atoms with E-state index >= 15 is 0 Å². The van der Waals surface area contributed by atoms with Crippen LogP contribution in [0.2, 0.25) is 10.2 Å². The van der Waals surface area contributed by atoms with Crippen molar-refractivity contribution >= 4 is 39.1 Å². The topological polar surface area (TPSA) is 25.8 Å². The van der Waals surface area contributed by atoms with Crippen molar-refractivity contribution in [3.05, 3.63) is 44.1 Å². The first-order valence-corrected chi connectivity index (χ1v) is 7.21. The van der Waals surface area contributed by atoms with E-state index in [1.807, 2.05) is 18.2 Å². The van der Waals surface area contributed by atoms with Crippen LogP contribution in [0.1, 0.15) is 17.7 Å². The molecule has 1 aliphatic carbocycles. The highest BCUT2D eigenvalue weighted by Crippen LogP contribution is 2.31. The second-order valence-corrected chi connectivity index (χ2v) is 5.87. The molecule has 18 heavy (non-hydrogen) atoms. The van der Waals surface area contributed by atoms with Gasteiger partial charge in [-0.3, -0.25) is 0 Å². The molecule has 0 radical (unpaired) electrons. The Kier molecular flexibility index (Phi) is 3.31. The lowest BCUT2D eigenvalue weighted by molar-refractivity contribution is 0.900. The molecule has 0 fully saturated rings. The molecule has 1 aliphatic rings. The summed E-state index contributed by atoms with van der Waals surface area (Å²) in [6.45, 7) is 0. The molecule has 5 heteroatoms. The molecule has 92 valence electrons. The van der Waals surface area contributed by atoms with Crippen LogP contribution in [-0.4, -0.2) is 9.97 Å². The predicted molar refractivity (Wildman–Crippen MR) is 77.2 cm³/mol. The summed E-state index contributed by atoms with van der Waals surface area (Å²) in [7, 11) is 0. The quantitative estimate of drug-likeness (QED) is 0.701. The first kappa shape index (κ1) is 12.4. The van der Waals surface area contributed by atoms with E-state index in [1.165, 1.54) is 0 Å². The van der Waals surface area contributed by atoms with Crippen molar-refractivity contribution in [3.63, 3.8) is 0 Å². The fourth-order valence-corrected chi connectivity index (χ4v) is 2.93. The van der Waals surface area contributed by atoms with E-state index in [0.717, 1.165) is 40.6 Å². The number of benzene rings is 1. The van der Waals surface area contributed by atoms with Gasteiger partial charge in [0, 0.05) is 21.3 Å². The highest BCUT2D eigenvalue weighted by atomic mass is 79.9. The van der Waals surface area contributed by atoms with Crippen LogP contribution in [0.3, 0.4) is 0 Å². The van der Waals surface area contributed by atoms with Crippen LogP contribution in [0.15, 0.2) is 22.7 Å². The van der Waals surface area contributed by atoms with Gasteiger partial charge < -0.3 is 0 Å². The maximum atomic E-state index is 6.21. The monoisotopic (exact) mass is 342 g/mol. The molecule has 2 nitrogen and oxygen atoms in total. The fourth-order valence-electron chi connectivity index (χ4n) is 2.15. The summed E-state index contributed by atoms with van der Waals surface area (Å²) in [5, 5.41) is 1.25. The Balaban J connectivity index is 2.12. The number of rotatable bonds is 1. The Hall–Kier alpha value is -0.640. The number of halogens is 3. The average Bonchev–Trinajstić information content (AvgIpc) is 2.81. The van der Waals surface area contributed by atoms with Crippen molar-refractivity contribution in [2.24, 2.45) is 0 Å². The molecule has 0 atom stereocenters. The molecule has 0 amide bonds. The number of hydrogen-bond acceptors (Lipinski definition) is 2. The number of hydrogen-bond donors (Lipinski definition) is 0. The van der Waals surface area contributed by atoms with E-state index in [-0.39, 0.29) is 0 Å². The highest BCUT2D eigenvalue weighted by molar-refractivity contribution is 9.10. The van der Waals surface area contributed by atoms with Crippen molar-refractivity contribution in [1.82, 2.24) is 9.97 Å². The first-order valence-electron chi connectivity index (χ1n) is 5.66. The van der Waals surface area contributed by atoms with E-state index < -0.39 is 0 Å². The number of nitrogens with zero attached hydrogens (tertiary/aromatic N) is 2. The molecule has 0 spiro atoms. The van der Waals surface area contributed by atoms with E-state index in [9.17, 15) is 0 Å². The Morgan fingerprint density at radius 3 is 2.72 bits per heavy atom. The minimum atomic E-state index is 0.582. The van der Waals surface area contributed by atoms with Crippen molar-refractivity contribution < 1.29 is 0 Å². The summed E-state index contributed by atoms with van der Waals surface area (Å²) < 4.78 is 0.835. The Bertz CT molecular complexity index is 629. The summed E-state index contributed by atoms with van der Waals surface area (Å²) in [4.78, 5) is 8.97. The molecule has 0 saturated heterocycles. The average molecular weight is 344 g/mol. The van der Waals surface area contributed by atoms with Gasteiger partial charge in [-0.25, -0.2) is 9.97 Å². The minimum Gasteiger partial charge on any atom is -0.233 e. The van der Waals surface area contributed by atoms with Gasteiger partial charge in [0.15, 0.2) is 5.82 Å². The van der Waals surface area contributed by atoms with E-state index in [0.29, 0.717) is 16.0 Å². The van der Waals surface area contributed by atoms with Crippen LogP contribution in [0.4, 0.5) is 0 Å².